The van der Waals surface area contributed by atoms with Gasteiger partial charge >= 0.3 is 0 Å². The van der Waals surface area contributed by atoms with E-state index in [0.717, 1.165) is 5.69 Å². The van der Waals surface area contributed by atoms with E-state index in [1.807, 2.05) is 25.1 Å². The zero-order valence-electron chi connectivity index (χ0n) is 15.8. The molecule has 0 fully saturated rings. The molecule has 0 aliphatic rings. The van der Waals surface area contributed by atoms with Crippen molar-refractivity contribution in [2.45, 2.75) is 6.92 Å². The van der Waals surface area contributed by atoms with E-state index < -0.39 is 0 Å². The summed E-state index contributed by atoms with van der Waals surface area (Å²) < 4.78 is 10.9. The molecule has 0 saturated heterocycles. The lowest BCUT2D eigenvalue weighted by molar-refractivity contribution is 0.0954. The fraction of sp³-hybridized carbons (Fsp3) is 0.316. The highest BCUT2D eigenvalue weighted by molar-refractivity contribution is 5.94. The van der Waals surface area contributed by atoms with Gasteiger partial charge in [0.1, 0.15) is 0 Å². The Balaban J connectivity index is 1.83. The molecule has 8 heteroatoms. The first kappa shape index (κ1) is 20.0. The van der Waals surface area contributed by atoms with E-state index in [4.69, 9.17) is 9.47 Å². The Morgan fingerprint density at radius 1 is 1.19 bits per heavy atom. The van der Waals surface area contributed by atoms with Crippen LogP contribution in [0.5, 0.6) is 11.5 Å². The molecule has 0 unspecified atom stereocenters. The van der Waals surface area contributed by atoms with Crippen LogP contribution in [0.1, 0.15) is 17.3 Å². The Morgan fingerprint density at radius 2 is 2.00 bits per heavy atom. The highest BCUT2D eigenvalue weighted by Gasteiger charge is 2.07. The third-order valence-electron chi connectivity index (χ3n) is 3.58. The summed E-state index contributed by atoms with van der Waals surface area (Å²) in [5.41, 5.74) is 1.34. The largest absolute Gasteiger partial charge is 0.493 e. The molecule has 0 radical (unpaired) electrons. The molecule has 0 spiro atoms. The standard InChI is InChI=1S/C19H25N5O3/c1-4-27-16-8-7-15(12-17(16)26-3)24-19(20-2)23-11-10-22-18(25)14-6-5-9-21-13-14/h5-9,12-13H,4,10-11H2,1-3H3,(H,22,25)(H2,20,23,24). The van der Waals surface area contributed by atoms with Crippen molar-refractivity contribution in [2.75, 3.05) is 39.2 Å². The van der Waals surface area contributed by atoms with Crippen molar-refractivity contribution in [3.8, 4) is 11.5 Å². The van der Waals surface area contributed by atoms with Crippen LogP contribution in [0.15, 0.2) is 47.7 Å². The molecule has 0 atom stereocenters. The average Bonchev–Trinajstić information content (AvgIpc) is 2.71. The van der Waals surface area contributed by atoms with E-state index in [2.05, 4.69) is 25.9 Å². The molecule has 1 aromatic heterocycles. The van der Waals surface area contributed by atoms with Crippen molar-refractivity contribution >= 4 is 17.6 Å². The van der Waals surface area contributed by atoms with E-state index in [1.165, 1.54) is 6.20 Å². The number of hydrogen-bond donors (Lipinski definition) is 3. The predicted octanol–water partition coefficient (Wildman–Crippen LogP) is 1.91. The fourth-order valence-electron chi connectivity index (χ4n) is 2.29. The lowest BCUT2D eigenvalue weighted by Gasteiger charge is -2.14. The van der Waals surface area contributed by atoms with E-state index in [-0.39, 0.29) is 5.91 Å². The lowest BCUT2D eigenvalue weighted by atomic mass is 10.2. The van der Waals surface area contributed by atoms with Crippen molar-refractivity contribution in [3.63, 3.8) is 0 Å². The molecule has 0 aliphatic heterocycles. The van der Waals surface area contributed by atoms with E-state index >= 15 is 0 Å². The van der Waals surface area contributed by atoms with Crippen LogP contribution in [0, 0.1) is 0 Å². The maximum absolute atomic E-state index is 12.0. The highest BCUT2D eigenvalue weighted by Crippen LogP contribution is 2.30. The summed E-state index contributed by atoms with van der Waals surface area (Å²) >= 11 is 0. The van der Waals surface area contributed by atoms with Crippen molar-refractivity contribution < 1.29 is 14.3 Å². The zero-order chi connectivity index (χ0) is 19.5. The quantitative estimate of drug-likeness (QED) is 0.373. The highest BCUT2D eigenvalue weighted by atomic mass is 16.5. The number of rotatable bonds is 8. The molecule has 144 valence electrons. The van der Waals surface area contributed by atoms with Crippen LogP contribution in [-0.4, -0.2) is 50.7 Å². The van der Waals surface area contributed by atoms with E-state index in [1.54, 1.807) is 32.5 Å². The van der Waals surface area contributed by atoms with Crippen LogP contribution in [0.4, 0.5) is 5.69 Å². The summed E-state index contributed by atoms with van der Waals surface area (Å²) in [7, 11) is 3.27. The Kier molecular flexibility index (Phi) is 7.90. The van der Waals surface area contributed by atoms with Gasteiger partial charge in [-0.15, -0.1) is 0 Å². The van der Waals surface area contributed by atoms with Crippen LogP contribution in [0.3, 0.4) is 0 Å². The molecule has 0 bridgehead atoms. The number of guanidine groups is 1. The Labute approximate surface area is 159 Å². The molecule has 2 rings (SSSR count). The Hall–Kier alpha value is -3.29. The first-order chi connectivity index (χ1) is 13.2. The van der Waals surface area contributed by atoms with Gasteiger partial charge in [0.15, 0.2) is 17.5 Å². The van der Waals surface area contributed by atoms with Crippen molar-refractivity contribution in [2.24, 2.45) is 4.99 Å². The third-order valence-corrected chi connectivity index (χ3v) is 3.58. The van der Waals surface area contributed by atoms with Crippen molar-refractivity contribution in [1.82, 2.24) is 15.6 Å². The smallest absolute Gasteiger partial charge is 0.252 e. The number of aromatic nitrogens is 1. The van der Waals surface area contributed by atoms with Gasteiger partial charge in [-0.1, -0.05) is 0 Å². The monoisotopic (exact) mass is 371 g/mol. The molecule has 1 heterocycles. The number of ether oxygens (including phenoxy) is 2. The number of nitrogens with one attached hydrogen (secondary N) is 3. The predicted molar refractivity (Wildman–Crippen MR) is 106 cm³/mol. The van der Waals surface area contributed by atoms with Gasteiger partial charge in [0, 0.05) is 44.3 Å². The first-order valence-electron chi connectivity index (χ1n) is 8.64. The van der Waals surface area contributed by atoms with Crippen LogP contribution < -0.4 is 25.4 Å². The van der Waals surface area contributed by atoms with Gasteiger partial charge < -0.3 is 25.4 Å². The minimum atomic E-state index is -0.163. The van der Waals surface area contributed by atoms with Crippen molar-refractivity contribution in [3.05, 3.63) is 48.3 Å². The summed E-state index contributed by atoms with van der Waals surface area (Å²) in [6.45, 7) is 3.45. The summed E-state index contributed by atoms with van der Waals surface area (Å²) in [4.78, 5) is 20.1. The van der Waals surface area contributed by atoms with Gasteiger partial charge in [-0.2, -0.15) is 0 Å². The summed E-state index contributed by atoms with van der Waals surface area (Å²) in [6.07, 6.45) is 3.16. The third kappa shape index (κ3) is 6.18. The molecule has 1 amide bonds. The lowest BCUT2D eigenvalue weighted by Crippen LogP contribution is -2.37. The van der Waals surface area contributed by atoms with Gasteiger partial charge in [0.05, 0.1) is 19.3 Å². The molecule has 2 aromatic rings. The number of aliphatic imine (C=N–C) groups is 1. The average molecular weight is 371 g/mol. The second-order valence-electron chi connectivity index (χ2n) is 5.42. The maximum atomic E-state index is 12.0. The minimum absolute atomic E-state index is 0.163. The summed E-state index contributed by atoms with van der Waals surface area (Å²) in [5, 5.41) is 9.13. The fourth-order valence-corrected chi connectivity index (χ4v) is 2.29. The Morgan fingerprint density at radius 3 is 2.67 bits per heavy atom. The molecule has 0 saturated carbocycles. The number of hydrogen-bond acceptors (Lipinski definition) is 5. The molecule has 8 nitrogen and oxygen atoms in total. The van der Waals surface area contributed by atoms with E-state index in [9.17, 15) is 4.79 Å². The number of nitrogens with zero attached hydrogens (tertiary/aromatic N) is 2. The molecular formula is C19H25N5O3. The van der Waals surface area contributed by atoms with Gasteiger partial charge in [-0.25, -0.2) is 0 Å². The number of carbonyl (C=O) groups is 1. The number of amides is 1. The molecule has 1 aromatic carbocycles. The van der Waals surface area contributed by atoms with Crippen LogP contribution in [0.25, 0.3) is 0 Å². The molecule has 0 aliphatic carbocycles. The number of carbonyl (C=O) groups excluding carboxylic acids is 1. The summed E-state index contributed by atoms with van der Waals surface area (Å²) in [5.74, 6) is 1.74. The van der Waals surface area contributed by atoms with Gasteiger partial charge in [-0.3, -0.25) is 14.8 Å². The number of pyridine rings is 1. The minimum Gasteiger partial charge on any atom is -0.493 e. The number of methoxy groups -OCH3 is 1. The molecule has 3 N–H and O–H groups in total. The molecular weight excluding hydrogens is 346 g/mol. The summed E-state index contributed by atoms with van der Waals surface area (Å²) in [6, 6.07) is 9.00. The first-order valence-corrected chi connectivity index (χ1v) is 8.64. The van der Waals surface area contributed by atoms with Crippen molar-refractivity contribution in [1.29, 1.82) is 0 Å². The zero-order valence-corrected chi connectivity index (χ0v) is 15.8. The van der Waals surface area contributed by atoms with Crippen LogP contribution in [-0.2, 0) is 0 Å². The Bertz CT molecular complexity index is 765. The second kappa shape index (κ2) is 10.6. The second-order valence-corrected chi connectivity index (χ2v) is 5.42. The van der Waals surface area contributed by atoms with Crippen LogP contribution in [0.2, 0.25) is 0 Å². The van der Waals surface area contributed by atoms with Gasteiger partial charge in [-0.05, 0) is 31.2 Å². The molecule has 27 heavy (non-hydrogen) atoms. The normalized spacial score (nSPS) is 10.9. The SMILES string of the molecule is CCOc1ccc(NC(=NC)NCCNC(=O)c2cccnc2)cc1OC. The number of anilines is 1. The maximum Gasteiger partial charge on any atom is 0.252 e. The number of benzene rings is 1. The van der Waals surface area contributed by atoms with Gasteiger partial charge in [0.2, 0.25) is 0 Å². The van der Waals surface area contributed by atoms with Crippen LogP contribution >= 0.6 is 0 Å². The topological polar surface area (TPSA) is 96.9 Å². The van der Waals surface area contributed by atoms with E-state index in [0.29, 0.717) is 42.7 Å². The van der Waals surface area contributed by atoms with Gasteiger partial charge in [0.25, 0.3) is 5.91 Å².